The van der Waals surface area contributed by atoms with Gasteiger partial charge in [0.25, 0.3) is 0 Å². The number of hydrogen-bond donors (Lipinski definition) is 1. The molecule has 1 rings (SSSR count). The third-order valence-electron chi connectivity index (χ3n) is 5.68. The first kappa shape index (κ1) is 25.4. The highest BCUT2D eigenvalue weighted by Crippen LogP contribution is 2.40. The molecule has 0 radical (unpaired) electrons. The Balaban J connectivity index is 3.56. The Labute approximate surface area is 175 Å². The molecule has 1 aromatic rings. The minimum atomic E-state index is -0.735. The van der Waals surface area contributed by atoms with E-state index in [0.717, 1.165) is 12.8 Å². The number of nitrogens with zero attached hydrogens (tertiary/aromatic N) is 2. The van der Waals surface area contributed by atoms with E-state index in [-0.39, 0.29) is 10.8 Å². The molecule has 0 aliphatic rings. The summed E-state index contributed by atoms with van der Waals surface area (Å²) in [5, 5.41) is 0. The number of nitrogens with one attached hydrogen (secondary N) is 1. The maximum absolute atomic E-state index is 13.5. The molecule has 1 aromatic heterocycles. The maximum atomic E-state index is 13.5. The predicted molar refractivity (Wildman–Crippen MR) is 121 cm³/mol. The summed E-state index contributed by atoms with van der Waals surface area (Å²) in [5.74, 6) is 0.357. The van der Waals surface area contributed by atoms with Gasteiger partial charge in [-0.1, -0.05) is 54.9 Å². The van der Waals surface area contributed by atoms with Crippen molar-refractivity contribution in [3.63, 3.8) is 0 Å². The second kappa shape index (κ2) is 8.27. The van der Waals surface area contributed by atoms with Crippen LogP contribution in [0.5, 0.6) is 0 Å². The second-order valence-electron chi connectivity index (χ2n) is 12.1. The Kier molecular flexibility index (Phi) is 7.26. The van der Waals surface area contributed by atoms with Crippen molar-refractivity contribution in [2.45, 2.75) is 113 Å². The predicted octanol–water partition coefficient (Wildman–Crippen LogP) is 4.46. The summed E-state index contributed by atoms with van der Waals surface area (Å²) in [7, 11) is 0. The van der Waals surface area contributed by atoms with Crippen molar-refractivity contribution in [1.82, 2.24) is 14.1 Å². The van der Waals surface area contributed by atoms with E-state index in [2.05, 4.69) is 53.5 Å². The average Bonchev–Trinajstić information content (AvgIpc) is 2.40. The zero-order chi connectivity index (χ0) is 23.0. The van der Waals surface area contributed by atoms with Gasteiger partial charge >= 0.3 is 17.1 Å². The first-order valence-electron chi connectivity index (χ1n) is 10.8. The van der Waals surface area contributed by atoms with Crippen LogP contribution in [0.1, 0.15) is 102 Å². The summed E-state index contributed by atoms with van der Waals surface area (Å²) in [5.41, 5.74) is -3.16. The van der Waals surface area contributed by atoms with Gasteiger partial charge in [-0.2, -0.15) is 0 Å². The fourth-order valence-electron chi connectivity index (χ4n) is 5.38. The van der Waals surface area contributed by atoms with Crippen molar-refractivity contribution >= 4 is 0 Å². The van der Waals surface area contributed by atoms with E-state index in [1.807, 2.05) is 27.7 Å². The van der Waals surface area contributed by atoms with Crippen molar-refractivity contribution < 1.29 is 0 Å². The lowest BCUT2D eigenvalue weighted by Crippen LogP contribution is -2.59. The van der Waals surface area contributed by atoms with Crippen LogP contribution in [-0.2, 0) is 11.1 Å². The first-order chi connectivity index (χ1) is 12.8. The van der Waals surface area contributed by atoms with Crippen LogP contribution in [-0.4, -0.2) is 14.1 Å². The first-order valence-corrected chi connectivity index (χ1v) is 10.8. The highest BCUT2D eigenvalue weighted by molar-refractivity contribution is 4.93. The van der Waals surface area contributed by atoms with Gasteiger partial charge in [-0.15, -0.1) is 0 Å². The van der Waals surface area contributed by atoms with Crippen LogP contribution >= 0.6 is 0 Å². The molecule has 0 amide bonds. The van der Waals surface area contributed by atoms with E-state index in [4.69, 9.17) is 0 Å². The summed E-state index contributed by atoms with van der Waals surface area (Å²) in [6.45, 7) is 22.7. The Morgan fingerprint density at radius 1 is 0.793 bits per heavy atom. The molecule has 0 aromatic carbocycles. The summed E-state index contributed by atoms with van der Waals surface area (Å²) >= 11 is 0. The molecule has 29 heavy (non-hydrogen) atoms. The lowest BCUT2D eigenvalue weighted by molar-refractivity contribution is 0.125. The Bertz CT molecular complexity index is 876. The molecule has 1 unspecified atom stereocenters. The molecule has 168 valence electrons. The van der Waals surface area contributed by atoms with Gasteiger partial charge in [0.15, 0.2) is 0 Å². The molecular weight excluding hydrogens is 366 g/mol. The van der Waals surface area contributed by atoms with Crippen molar-refractivity contribution in [3.05, 3.63) is 31.5 Å². The van der Waals surface area contributed by atoms with E-state index in [1.165, 1.54) is 9.13 Å². The van der Waals surface area contributed by atoms with E-state index < -0.39 is 28.1 Å². The molecular formula is C23H43N3O3. The summed E-state index contributed by atoms with van der Waals surface area (Å²) in [4.78, 5) is 41.2. The van der Waals surface area contributed by atoms with Crippen LogP contribution in [0, 0.1) is 16.7 Å². The molecule has 0 aliphatic carbocycles. The lowest BCUT2D eigenvalue weighted by atomic mass is 9.70. The molecule has 6 heteroatoms. The van der Waals surface area contributed by atoms with Crippen molar-refractivity contribution in [1.29, 1.82) is 0 Å². The van der Waals surface area contributed by atoms with Crippen LogP contribution in [0.25, 0.3) is 0 Å². The quantitative estimate of drug-likeness (QED) is 0.689. The van der Waals surface area contributed by atoms with Gasteiger partial charge in [0.1, 0.15) is 0 Å². The van der Waals surface area contributed by atoms with Gasteiger partial charge in [-0.3, -0.25) is 4.98 Å². The van der Waals surface area contributed by atoms with Gasteiger partial charge in [0.2, 0.25) is 0 Å². The third kappa shape index (κ3) is 6.45. The van der Waals surface area contributed by atoms with Crippen LogP contribution < -0.4 is 17.1 Å². The van der Waals surface area contributed by atoms with Gasteiger partial charge in [0, 0.05) is 11.1 Å². The monoisotopic (exact) mass is 409 g/mol. The lowest BCUT2D eigenvalue weighted by Gasteiger charge is -2.39. The van der Waals surface area contributed by atoms with Crippen LogP contribution in [0.4, 0.5) is 0 Å². The molecule has 1 atom stereocenters. The molecule has 1 heterocycles. The van der Waals surface area contributed by atoms with E-state index in [1.54, 1.807) is 0 Å². The molecule has 0 fully saturated rings. The summed E-state index contributed by atoms with van der Waals surface area (Å²) in [6.07, 6.45) is 3.24. The van der Waals surface area contributed by atoms with Crippen LogP contribution in [0.2, 0.25) is 0 Å². The molecule has 0 bridgehead atoms. The number of aromatic amines is 1. The normalized spacial score (nSPS) is 14.9. The summed E-state index contributed by atoms with van der Waals surface area (Å²) < 4.78 is 2.48. The van der Waals surface area contributed by atoms with Gasteiger partial charge in [0.05, 0.1) is 0 Å². The third-order valence-corrected chi connectivity index (χ3v) is 5.68. The van der Waals surface area contributed by atoms with E-state index in [9.17, 15) is 14.4 Å². The maximum Gasteiger partial charge on any atom is 0.337 e. The molecule has 0 saturated carbocycles. The number of aromatic nitrogens is 3. The largest absolute Gasteiger partial charge is 0.337 e. The number of rotatable bonds is 8. The fourth-order valence-corrected chi connectivity index (χ4v) is 5.38. The van der Waals surface area contributed by atoms with Crippen molar-refractivity contribution in [2.24, 2.45) is 16.7 Å². The second-order valence-corrected chi connectivity index (χ2v) is 12.1. The topological polar surface area (TPSA) is 76.9 Å². The van der Waals surface area contributed by atoms with Gasteiger partial charge < -0.3 is 0 Å². The Morgan fingerprint density at radius 2 is 1.24 bits per heavy atom. The van der Waals surface area contributed by atoms with Crippen LogP contribution in [0.3, 0.4) is 0 Å². The smallest absolute Gasteiger partial charge is 0.259 e. The van der Waals surface area contributed by atoms with E-state index >= 15 is 0 Å². The minimum absolute atomic E-state index is 0.0825. The molecule has 0 spiro atoms. The van der Waals surface area contributed by atoms with Gasteiger partial charge in [-0.05, 0) is 63.7 Å². The minimum Gasteiger partial charge on any atom is -0.259 e. The highest BCUT2D eigenvalue weighted by atomic mass is 16.2. The molecule has 1 N–H and O–H groups in total. The molecule has 0 saturated heterocycles. The summed E-state index contributed by atoms with van der Waals surface area (Å²) in [6, 6.07) is 0. The van der Waals surface area contributed by atoms with Crippen molar-refractivity contribution in [2.75, 3.05) is 0 Å². The zero-order valence-corrected chi connectivity index (χ0v) is 20.5. The van der Waals surface area contributed by atoms with Gasteiger partial charge in [-0.25, -0.2) is 23.5 Å². The van der Waals surface area contributed by atoms with Crippen LogP contribution in [0.15, 0.2) is 14.4 Å². The SMILES string of the molecule is CCC(C)CC(C)(C)n1c(=O)[nH]c(=O)n(C(C)(C)CC(C)(C)CC(C)(C)C)c1=O. The standard InChI is InChI=1S/C23H43N3O3/c1-12-16(2)13-22(8,9)25-17(27)24-18(28)26(19(25)29)23(10,11)15-21(6,7)14-20(3,4)5/h16H,12-15H2,1-11H3,(H,24,27,28). The van der Waals surface area contributed by atoms with E-state index in [0.29, 0.717) is 18.8 Å². The molecule has 0 aliphatic heterocycles. The number of H-pyrrole nitrogens is 1. The average molecular weight is 410 g/mol. The zero-order valence-electron chi connectivity index (χ0n) is 20.5. The fraction of sp³-hybridized carbons (Fsp3) is 0.870. The highest BCUT2D eigenvalue weighted by Gasteiger charge is 2.37. The van der Waals surface area contributed by atoms with Crippen molar-refractivity contribution in [3.8, 4) is 0 Å². The molecule has 6 nitrogen and oxygen atoms in total. The number of hydrogen-bond acceptors (Lipinski definition) is 3. The Hall–Kier alpha value is -1.59. The Morgan fingerprint density at radius 3 is 1.66 bits per heavy atom.